The lowest BCUT2D eigenvalue weighted by Crippen LogP contribution is -2.40. The lowest BCUT2D eigenvalue weighted by atomic mass is 9.92. The molecule has 3 rings (SSSR count). The Morgan fingerprint density at radius 1 is 1.30 bits per heavy atom. The third-order valence-corrected chi connectivity index (χ3v) is 5.89. The number of likely N-dealkylation sites (tertiary alicyclic amines) is 1. The maximum atomic E-state index is 12.4. The molecular formula is C18H24Cl2N2O. The maximum Gasteiger partial charge on any atom is 0.251 e. The van der Waals surface area contributed by atoms with Crippen molar-refractivity contribution in [1.82, 2.24) is 10.2 Å². The van der Waals surface area contributed by atoms with Gasteiger partial charge in [0.25, 0.3) is 5.91 Å². The smallest absolute Gasteiger partial charge is 0.251 e. The molecule has 2 fully saturated rings. The van der Waals surface area contributed by atoms with Crippen molar-refractivity contribution < 1.29 is 4.79 Å². The average molecular weight is 355 g/mol. The Morgan fingerprint density at radius 2 is 2.00 bits per heavy atom. The Kier molecular flexibility index (Phi) is 4.91. The molecule has 1 atom stereocenters. The van der Waals surface area contributed by atoms with Gasteiger partial charge in [0.1, 0.15) is 0 Å². The summed E-state index contributed by atoms with van der Waals surface area (Å²) < 4.78 is 0. The molecule has 5 heteroatoms. The Bertz CT molecular complexity index is 595. The highest BCUT2D eigenvalue weighted by atomic mass is 35.5. The van der Waals surface area contributed by atoms with Crippen molar-refractivity contribution in [3.8, 4) is 0 Å². The van der Waals surface area contributed by atoms with E-state index in [-0.39, 0.29) is 5.91 Å². The zero-order valence-electron chi connectivity index (χ0n) is 13.7. The van der Waals surface area contributed by atoms with Crippen LogP contribution in [0, 0.1) is 11.3 Å². The van der Waals surface area contributed by atoms with Crippen molar-refractivity contribution in [3.63, 3.8) is 0 Å². The SMILES string of the molecule is CC(C)CN1CCC2(CC1)CC2NC(=O)c1ccc(Cl)c(Cl)c1. The second kappa shape index (κ2) is 6.62. The fourth-order valence-electron chi connectivity index (χ4n) is 3.68. The number of benzene rings is 1. The summed E-state index contributed by atoms with van der Waals surface area (Å²) in [6.07, 6.45) is 3.48. The summed E-state index contributed by atoms with van der Waals surface area (Å²) in [7, 11) is 0. The number of piperidine rings is 1. The van der Waals surface area contributed by atoms with Gasteiger partial charge in [-0.25, -0.2) is 0 Å². The molecule has 2 aliphatic rings. The summed E-state index contributed by atoms with van der Waals surface area (Å²) >= 11 is 11.9. The van der Waals surface area contributed by atoms with Crippen LogP contribution in [0.15, 0.2) is 18.2 Å². The first-order valence-corrected chi connectivity index (χ1v) is 9.13. The van der Waals surface area contributed by atoms with Crippen molar-refractivity contribution in [2.24, 2.45) is 11.3 Å². The van der Waals surface area contributed by atoms with Gasteiger partial charge in [0.15, 0.2) is 0 Å². The van der Waals surface area contributed by atoms with Gasteiger partial charge in [-0.15, -0.1) is 0 Å². The molecule has 23 heavy (non-hydrogen) atoms. The minimum Gasteiger partial charge on any atom is -0.349 e. The number of nitrogens with one attached hydrogen (secondary N) is 1. The van der Waals surface area contributed by atoms with Gasteiger partial charge in [-0.1, -0.05) is 37.0 Å². The zero-order chi connectivity index (χ0) is 16.6. The lowest BCUT2D eigenvalue weighted by Gasteiger charge is -2.33. The second-order valence-corrected chi connectivity index (χ2v) is 8.23. The van der Waals surface area contributed by atoms with E-state index in [4.69, 9.17) is 23.2 Å². The normalized spacial score (nSPS) is 23.3. The molecule has 1 heterocycles. The third kappa shape index (κ3) is 3.84. The molecule has 0 aromatic heterocycles. The van der Waals surface area contributed by atoms with Crippen LogP contribution in [0.5, 0.6) is 0 Å². The number of carbonyl (C=O) groups excluding carboxylic acids is 1. The molecular weight excluding hydrogens is 331 g/mol. The zero-order valence-corrected chi connectivity index (χ0v) is 15.3. The molecule has 1 N–H and O–H groups in total. The van der Waals surface area contributed by atoms with Crippen LogP contribution in [0.4, 0.5) is 0 Å². The van der Waals surface area contributed by atoms with Crippen LogP contribution in [-0.4, -0.2) is 36.5 Å². The summed E-state index contributed by atoms with van der Waals surface area (Å²) in [5, 5.41) is 4.07. The van der Waals surface area contributed by atoms with E-state index in [9.17, 15) is 4.79 Å². The van der Waals surface area contributed by atoms with Gasteiger partial charge >= 0.3 is 0 Å². The topological polar surface area (TPSA) is 32.3 Å². The van der Waals surface area contributed by atoms with Crippen LogP contribution in [0.25, 0.3) is 0 Å². The van der Waals surface area contributed by atoms with Gasteiger partial charge in [0, 0.05) is 18.2 Å². The summed E-state index contributed by atoms with van der Waals surface area (Å²) in [4.78, 5) is 14.9. The monoisotopic (exact) mass is 354 g/mol. The molecule has 0 radical (unpaired) electrons. The van der Waals surface area contributed by atoms with Gasteiger partial charge in [-0.2, -0.15) is 0 Å². The summed E-state index contributed by atoms with van der Waals surface area (Å²) in [6.45, 7) is 8.01. The minimum atomic E-state index is -0.0462. The molecule has 1 aromatic carbocycles. The molecule has 1 amide bonds. The van der Waals surface area contributed by atoms with Crippen molar-refractivity contribution in [1.29, 1.82) is 0 Å². The molecule has 1 aliphatic carbocycles. The van der Waals surface area contributed by atoms with Gasteiger partial charge in [0.05, 0.1) is 10.0 Å². The number of carbonyl (C=O) groups is 1. The van der Waals surface area contributed by atoms with Crippen LogP contribution < -0.4 is 5.32 Å². The molecule has 1 aliphatic heterocycles. The quantitative estimate of drug-likeness (QED) is 0.877. The first-order valence-electron chi connectivity index (χ1n) is 8.38. The largest absolute Gasteiger partial charge is 0.349 e. The lowest BCUT2D eigenvalue weighted by molar-refractivity contribution is 0.0933. The number of rotatable bonds is 4. The predicted molar refractivity (Wildman–Crippen MR) is 95.3 cm³/mol. The first kappa shape index (κ1) is 17.1. The first-order chi connectivity index (χ1) is 10.9. The van der Waals surface area contributed by atoms with Crippen LogP contribution in [-0.2, 0) is 0 Å². The van der Waals surface area contributed by atoms with E-state index in [1.165, 1.54) is 19.4 Å². The second-order valence-electron chi connectivity index (χ2n) is 7.42. The van der Waals surface area contributed by atoms with E-state index < -0.39 is 0 Å². The molecule has 1 aromatic rings. The van der Waals surface area contributed by atoms with Crippen LogP contribution in [0.2, 0.25) is 10.0 Å². The highest BCUT2D eigenvalue weighted by molar-refractivity contribution is 6.42. The third-order valence-electron chi connectivity index (χ3n) is 5.15. The van der Waals surface area contributed by atoms with E-state index in [0.29, 0.717) is 33.0 Å². The molecule has 1 spiro atoms. The Balaban J connectivity index is 1.53. The Labute approximate surface area is 148 Å². The van der Waals surface area contributed by atoms with E-state index in [2.05, 4.69) is 24.1 Å². The van der Waals surface area contributed by atoms with E-state index in [1.54, 1.807) is 18.2 Å². The Hall–Kier alpha value is -0.770. The van der Waals surface area contributed by atoms with Crippen LogP contribution in [0.1, 0.15) is 43.5 Å². The predicted octanol–water partition coefficient (Wildman–Crippen LogP) is 4.23. The maximum absolute atomic E-state index is 12.4. The van der Waals surface area contributed by atoms with Gasteiger partial charge in [-0.05, 0) is 61.9 Å². The molecule has 1 saturated carbocycles. The fourth-order valence-corrected chi connectivity index (χ4v) is 3.98. The molecule has 126 valence electrons. The molecule has 0 bridgehead atoms. The van der Waals surface area contributed by atoms with Gasteiger partial charge in [-0.3, -0.25) is 4.79 Å². The van der Waals surface area contributed by atoms with Crippen LogP contribution >= 0.6 is 23.2 Å². The highest BCUT2D eigenvalue weighted by Crippen LogP contribution is 2.54. The molecule has 1 unspecified atom stereocenters. The van der Waals surface area contributed by atoms with E-state index in [0.717, 1.165) is 19.5 Å². The van der Waals surface area contributed by atoms with E-state index in [1.807, 2.05) is 0 Å². The number of hydrogen-bond donors (Lipinski definition) is 1. The highest BCUT2D eigenvalue weighted by Gasteiger charge is 2.55. The number of nitrogens with zero attached hydrogens (tertiary/aromatic N) is 1. The fraction of sp³-hybridized carbons (Fsp3) is 0.611. The van der Waals surface area contributed by atoms with Crippen molar-refractivity contribution in [3.05, 3.63) is 33.8 Å². The van der Waals surface area contributed by atoms with Crippen molar-refractivity contribution in [2.75, 3.05) is 19.6 Å². The van der Waals surface area contributed by atoms with E-state index >= 15 is 0 Å². The van der Waals surface area contributed by atoms with Gasteiger partial charge in [0.2, 0.25) is 0 Å². The van der Waals surface area contributed by atoms with Gasteiger partial charge < -0.3 is 10.2 Å². The number of amides is 1. The summed E-state index contributed by atoms with van der Waals surface area (Å²) in [6, 6.07) is 5.35. The molecule has 3 nitrogen and oxygen atoms in total. The van der Waals surface area contributed by atoms with Crippen molar-refractivity contribution in [2.45, 2.75) is 39.2 Å². The number of halogens is 2. The van der Waals surface area contributed by atoms with Crippen LogP contribution in [0.3, 0.4) is 0 Å². The molecule has 1 saturated heterocycles. The standard InChI is InChI=1S/C18H24Cl2N2O/c1-12(2)11-22-7-5-18(6-8-22)10-16(18)21-17(23)13-3-4-14(19)15(20)9-13/h3-4,9,12,16H,5-8,10-11H2,1-2H3,(H,21,23). The average Bonchev–Trinajstić information content (AvgIpc) is 3.16. The summed E-state index contributed by atoms with van der Waals surface area (Å²) in [5.74, 6) is 0.670. The van der Waals surface area contributed by atoms with Crippen molar-refractivity contribution >= 4 is 29.1 Å². The Morgan fingerprint density at radius 3 is 2.61 bits per heavy atom. The number of hydrogen-bond acceptors (Lipinski definition) is 2. The summed E-state index contributed by atoms with van der Waals surface area (Å²) in [5.41, 5.74) is 0.915. The minimum absolute atomic E-state index is 0.0462.